The molecular weight excluding hydrogens is 234 g/mol. The molecule has 1 aromatic carbocycles. The van der Waals surface area contributed by atoms with Crippen molar-refractivity contribution in [3.63, 3.8) is 0 Å². The van der Waals surface area contributed by atoms with Crippen molar-refractivity contribution in [2.75, 3.05) is 5.32 Å². The van der Waals surface area contributed by atoms with Crippen molar-refractivity contribution in [2.24, 2.45) is 0 Å². The van der Waals surface area contributed by atoms with Gasteiger partial charge in [-0.1, -0.05) is 0 Å². The lowest BCUT2D eigenvalue weighted by atomic mass is 10.1. The summed E-state index contributed by atoms with van der Waals surface area (Å²) < 4.78 is 5.10. The van der Waals surface area contributed by atoms with E-state index in [4.69, 9.17) is 9.52 Å². The van der Waals surface area contributed by atoms with E-state index in [0.29, 0.717) is 5.89 Å². The predicted octanol–water partition coefficient (Wildman–Crippen LogP) is 1.93. The van der Waals surface area contributed by atoms with E-state index in [1.807, 2.05) is 13.0 Å². The van der Waals surface area contributed by atoms with E-state index in [1.165, 1.54) is 6.39 Å². The third-order valence-corrected chi connectivity index (χ3v) is 2.58. The summed E-state index contributed by atoms with van der Waals surface area (Å²) in [6.07, 6.45) is 1.27. The van der Waals surface area contributed by atoms with Gasteiger partial charge in [-0.2, -0.15) is 0 Å². The molecule has 1 atom stereocenters. The second kappa shape index (κ2) is 4.87. The van der Waals surface area contributed by atoms with E-state index in [1.54, 1.807) is 19.1 Å². The van der Waals surface area contributed by atoms with Gasteiger partial charge in [-0.25, -0.2) is 0 Å². The van der Waals surface area contributed by atoms with Gasteiger partial charge in [-0.3, -0.25) is 4.79 Å². The molecule has 0 amide bonds. The average Bonchev–Trinajstić information content (AvgIpc) is 2.85. The summed E-state index contributed by atoms with van der Waals surface area (Å²) in [6, 6.07) is 4.83. The van der Waals surface area contributed by atoms with E-state index in [-0.39, 0.29) is 0 Å². The maximum absolute atomic E-state index is 10.8. The molecule has 1 heterocycles. The van der Waals surface area contributed by atoms with Crippen LogP contribution in [0.4, 0.5) is 5.69 Å². The fourth-order valence-electron chi connectivity index (χ4n) is 1.55. The Balaban J connectivity index is 2.23. The molecule has 0 aliphatic rings. The Hall–Kier alpha value is -2.37. The zero-order valence-electron chi connectivity index (χ0n) is 10.0. The summed E-state index contributed by atoms with van der Waals surface area (Å²) in [5, 5.41) is 19.2. The van der Waals surface area contributed by atoms with E-state index in [9.17, 15) is 4.79 Å². The number of aliphatic carboxylic acids is 1. The molecule has 2 N–H and O–H groups in total. The van der Waals surface area contributed by atoms with Crippen LogP contribution in [0.5, 0.6) is 0 Å². The third-order valence-electron chi connectivity index (χ3n) is 2.58. The molecular formula is C12H13N3O3. The Kier molecular flexibility index (Phi) is 3.27. The standard InChI is InChI=1S/C12H13N3O3/c1-7-5-9(11-15-13-6-18-11)3-4-10(7)14-8(2)12(16)17/h3-6,8,14H,1-2H3,(H,16,17). The zero-order valence-corrected chi connectivity index (χ0v) is 10.0. The number of nitrogens with one attached hydrogen (secondary N) is 1. The summed E-state index contributed by atoms with van der Waals surface area (Å²) in [7, 11) is 0. The highest BCUT2D eigenvalue weighted by Gasteiger charge is 2.12. The molecule has 0 radical (unpaired) electrons. The van der Waals surface area contributed by atoms with Gasteiger partial charge in [-0.05, 0) is 37.6 Å². The quantitative estimate of drug-likeness (QED) is 0.858. The van der Waals surface area contributed by atoms with E-state index < -0.39 is 12.0 Å². The molecule has 2 rings (SSSR count). The molecule has 0 aliphatic heterocycles. The summed E-state index contributed by atoms with van der Waals surface area (Å²) in [4.78, 5) is 10.8. The van der Waals surface area contributed by atoms with Crippen LogP contribution < -0.4 is 5.32 Å². The number of carboxylic acid groups (broad SMARTS) is 1. The van der Waals surface area contributed by atoms with Crippen LogP contribution in [0.2, 0.25) is 0 Å². The lowest BCUT2D eigenvalue weighted by molar-refractivity contribution is -0.137. The third kappa shape index (κ3) is 2.48. The number of carboxylic acids is 1. The maximum atomic E-state index is 10.8. The minimum atomic E-state index is -0.893. The van der Waals surface area contributed by atoms with Gasteiger partial charge in [0.15, 0.2) is 0 Å². The Morgan fingerprint density at radius 1 is 1.50 bits per heavy atom. The van der Waals surface area contributed by atoms with Gasteiger partial charge < -0.3 is 14.8 Å². The van der Waals surface area contributed by atoms with Gasteiger partial charge in [0.1, 0.15) is 6.04 Å². The summed E-state index contributed by atoms with van der Waals surface area (Å²) in [5.41, 5.74) is 2.49. The number of hydrogen-bond acceptors (Lipinski definition) is 5. The minimum absolute atomic E-state index is 0.441. The molecule has 0 fully saturated rings. The van der Waals surface area contributed by atoms with Crippen LogP contribution in [0.25, 0.3) is 11.5 Å². The van der Waals surface area contributed by atoms with Crippen molar-refractivity contribution in [3.05, 3.63) is 30.2 Å². The van der Waals surface area contributed by atoms with Crippen LogP contribution in [0, 0.1) is 6.92 Å². The predicted molar refractivity (Wildman–Crippen MR) is 65.2 cm³/mol. The number of rotatable bonds is 4. The molecule has 1 aromatic heterocycles. The second-order valence-electron chi connectivity index (χ2n) is 3.98. The lowest BCUT2D eigenvalue weighted by Gasteiger charge is -2.13. The number of benzene rings is 1. The molecule has 6 heteroatoms. The number of anilines is 1. The highest BCUT2D eigenvalue weighted by molar-refractivity contribution is 5.77. The van der Waals surface area contributed by atoms with E-state index in [2.05, 4.69) is 15.5 Å². The lowest BCUT2D eigenvalue weighted by Crippen LogP contribution is -2.25. The topological polar surface area (TPSA) is 88.3 Å². The Labute approximate surface area is 104 Å². The monoisotopic (exact) mass is 247 g/mol. The van der Waals surface area contributed by atoms with Crippen LogP contribution in [-0.2, 0) is 4.79 Å². The van der Waals surface area contributed by atoms with Crippen molar-refractivity contribution in [1.82, 2.24) is 10.2 Å². The Morgan fingerprint density at radius 2 is 2.28 bits per heavy atom. The smallest absolute Gasteiger partial charge is 0.325 e. The van der Waals surface area contributed by atoms with Crippen LogP contribution in [-0.4, -0.2) is 27.3 Å². The van der Waals surface area contributed by atoms with Gasteiger partial charge >= 0.3 is 5.97 Å². The molecule has 6 nitrogen and oxygen atoms in total. The number of nitrogens with zero attached hydrogens (tertiary/aromatic N) is 2. The van der Waals surface area contributed by atoms with E-state index >= 15 is 0 Å². The van der Waals surface area contributed by atoms with Crippen LogP contribution in [0.1, 0.15) is 12.5 Å². The SMILES string of the molecule is Cc1cc(-c2nnco2)ccc1NC(C)C(=O)O. The van der Waals surface area contributed by atoms with Crippen molar-refractivity contribution >= 4 is 11.7 Å². The van der Waals surface area contributed by atoms with Gasteiger partial charge in [0.05, 0.1) is 0 Å². The van der Waals surface area contributed by atoms with Crippen LogP contribution in [0.3, 0.4) is 0 Å². The summed E-state index contributed by atoms with van der Waals surface area (Å²) >= 11 is 0. The number of hydrogen-bond donors (Lipinski definition) is 2. The number of aromatic nitrogens is 2. The maximum Gasteiger partial charge on any atom is 0.325 e. The molecule has 18 heavy (non-hydrogen) atoms. The highest BCUT2D eigenvalue weighted by Crippen LogP contribution is 2.23. The van der Waals surface area contributed by atoms with Crippen LogP contribution >= 0.6 is 0 Å². The molecule has 0 spiro atoms. The van der Waals surface area contributed by atoms with Crippen molar-refractivity contribution < 1.29 is 14.3 Å². The average molecular weight is 247 g/mol. The second-order valence-corrected chi connectivity index (χ2v) is 3.98. The van der Waals surface area contributed by atoms with Crippen molar-refractivity contribution in [2.45, 2.75) is 19.9 Å². The first-order valence-corrected chi connectivity index (χ1v) is 5.44. The highest BCUT2D eigenvalue weighted by atomic mass is 16.4. The van der Waals surface area contributed by atoms with Gasteiger partial charge in [0, 0.05) is 11.3 Å². The molecule has 0 bridgehead atoms. The van der Waals surface area contributed by atoms with Gasteiger partial charge in [0.25, 0.3) is 0 Å². The fraction of sp³-hybridized carbons (Fsp3) is 0.250. The summed E-state index contributed by atoms with van der Waals surface area (Å²) in [6.45, 7) is 3.48. The Bertz CT molecular complexity index is 552. The molecule has 0 saturated carbocycles. The molecule has 2 aromatic rings. The Morgan fingerprint density at radius 3 is 2.83 bits per heavy atom. The zero-order chi connectivity index (χ0) is 13.1. The van der Waals surface area contributed by atoms with E-state index in [0.717, 1.165) is 16.8 Å². The van der Waals surface area contributed by atoms with Crippen molar-refractivity contribution in [3.8, 4) is 11.5 Å². The van der Waals surface area contributed by atoms with Crippen molar-refractivity contribution in [1.29, 1.82) is 0 Å². The minimum Gasteiger partial charge on any atom is -0.480 e. The molecule has 0 aliphatic carbocycles. The largest absolute Gasteiger partial charge is 0.480 e. The fourth-order valence-corrected chi connectivity index (χ4v) is 1.55. The van der Waals surface area contributed by atoms with Gasteiger partial charge in [-0.15, -0.1) is 10.2 Å². The first-order valence-electron chi connectivity index (χ1n) is 5.44. The molecule has 0 saturated heterocycles. The van der Waals surface area contributed by atoms with Gasteiger partial charge in [0.2, 0.25) is 12.3 Å². The normalized spacial score (nSPS) is 12.1. The summed E-state index contributed by atoms with van der Waals surface area (Å²) in [5.74, 6) is -0.452. The first-order chi connectivity index (χ1) is 8.58. The van der Waals surface area contributed by atoms with Crippen LogP contribution in [0.15, 0.2) is 29.0 Å². The number of aryl methyl sites for hydroxylation is 1. The molecule has 94 valence electrons. The number of carbonyl (C=O) groups is 1. The first kappa shape index (κ1) is 12.1. The molecule has 1 unspecified atom stereocenters.